The van der Waals surface area contributed by atoms with Gasteiger partial charge >= 0.3 is 0 Å². The van der Waals surface area contributed by atoms with Crippen molar-refractivity contribution in [2.45, 2.75) is 59.4 Å². The van der Waals surface area contributed by atoms with Crippen molar-refractivity contribution in [3.63, 3.8) is 0 Å². The molecule has 7 heteroatoms. The molecule has 0 spiro atoms. The highest BCUT2D eigenvalue weighted by molar-refractivity contribution is 5.96. The van der Waals surface area contributed by atoms with Gasteiger partial charge in [-0.2, -0.15) is 5.10 Å². The molecule has 3 aromatic rings. The molecule has 2 aromatic heterocycles. The molecule has 7 nitrogen and oxygen atoms in total. The number of piperidine rings is 2. The largest absolute Gasteiger partial charge is 0.310 e. The van der Waals surface area contributed by atoms with Crippen LogP contribution in [0.4, 0.5) is 5.82 Å². The number of amides is 1. The molecule has 2 saturated heterocycles. The van der Waals surface area contributed by atoms with E-state index < -0.39 is 0 Å². The van der Waals surface area contributed by atoms with Crippen LogP contribution in [-0.4, -0.2) is 63.2 Å². The van der Waals surface area contributed by atoms with Gasteiger partial charge in [0.05, 0.1) is 11.9 Å². The Kier molecular flexibility index (Phi) is 7.63. The number of carbonyl (C=O) groups is 1. The zero-order valence-corrected chi connectivity index (χ0v) is 23.0. The van der Waals surface area contributed by atoms with Crippen LogP contribution in [0.1, 0.15) is 58.6 Å². The van der Waals surface area contributed by atoms with Gasteiger partial charge in [0.1, 0.15) is 5.82 Å². The number of aryl methyl sites for hydroxylation is 1. The van der Waals surface area contributed by atoms with Crippen molar-refractivity contribution in [3.8, 4) is 11.1 Å². The SMILES string of the molecule is CC(C)CN1CCC(C)(C(=O)Nc2cc3cc(-c4cnn(C)c4CN4CCCCC4)ccc3cn2)CC1. The third kappa shape index (κ3) is 5.88. The summed E-state index contributed by atoms with van der Waals surface area (Å²) in [5, 5.41) is 9.87. The third-order valence-electron chi connectivity index (χ3n) is 8.29. The monoisotopic (exact) mass is 502 g/mol. The minimum atomic E-state index is -0.356. The van der Waals surface area contributed by atoms with Crippen LogP contribution in [-0.2, 0) is 18.4 Å². The lowest BCUT2D eigenvalue weighted by atomic mass is 9.79. The molecule has 1 amide bonds. The maximum atomic E-state index is 13.3. The Balaban J connectivity index is 1.32. The average molecular weight is 503 g/mol. The normalized spacial score (nSPS) is 18.9. The van der Waals surface area contributed by atoms with E-state index in [1.165, 1.54) is 30.5 Å². The molecule has 0 unspecified atom stereocenters. The molecule has 2 aliphatic heterocycles. The minimum absolute atomic E-state index is 0.0794. The van der Waals surface area contributed by atoms with Gasteiger partial charge < -0.3 is 10.2 Å². The molecule has 0 atom stereocenters. The van der Waals surface area contributed by atoms with Crippen LogP contribution in [0.25, 0.3) is 21.9 Å². The molecule has 37 heavy (non-hydrogen) atoms. The van der Waals surface area contributed by atoms with Crippen molar-refractivity contribution in [1.29, 1.82) is 0 Å². The number of nitrogens with zero attached hydrogens (tertiary/aromatic N) is 5. The molecule has 198 valence electrons. The lowest BCUT2D eigenvalue weighted by Crippen LogP contribution is -2.45. The van der Waals surface area contributed by atoms with Crippen LogP contribution in [0.5, 0.6) is 0 Å². The number of nitrogens with one attached hydrogen (secondary N) is 1. The lowest BCUT2D eigenvalue weighted by Gasteiger charge is -2.38. The van der Waals surface area contributed by atoms with Crippen molar-refractivity contribution in [2.75, 3.05) is 38.0 Å². The van der Waals surface area contributed by atoms with Gasteiger partial charge in [-0.05, 0) is 80.9 Å². The number of carbonyl (C=O) groups excluding carboxylic acids is 1. The first-order valence-corrected chi connectivity index (χ1v) is 14.0. The molecule has 2 fully saturated rings. The number of likely N-dealkylation sites (tertiary alicyclic amines) is 2. The summed E-state index contributed by atoms with van der Waals surface area (Å²) in [6.45, 7) is 12.9. The van der Waals surface area contributed by atoms with Crippen LogP contribution < -0.4 is 5.32 Å². The fraction of sp³-hybridized carbons (Fsp3) is 0.567. The summed E-state index contributed by atoms with van der Waals surface area (Å²) in [6, 6.07) is 8.49. The fourth-order valence-corrected chi connectivity index (χ4v) is 5.84. The second kappa shape index (κ2) is 10.9. The molecule has 4 heterocycles. The fourth-order valence-electron chi connectivity index (χ4n) is 5.84. The van der Waals surface area contributed by atoms with Crippen molar-refractivity contribution in [2.24, 2.45) is 18.4 Å². The van der Waals surface area contributed by atoms with Crippen molar-refractivity contribution >= 4 is 22.5 Å². The van der Waals surface area contributed by atoms with E-state index in [0.29, 0.717) is 11.7 Å². The van der Waals surface area contributed by atoms with E-state index in [0.717, 1.165) is 68.4 Å². The summed E-state index contributed by atoms with van der Waals surface area (Å²) in [5.41, 5.74) is 3.23. The quantitative estimate of drug-likeness (QED) is 0.474. The van der Waals surface area contributed by atoms with Gasteiger partial charge in [0.2, 0.25) is 5.91 Å². The summed E-state index contributed by atoms with van der Waals surface area (Å²) < 4.78 is 2.01. The maximum Gasteiger partial charge on any atom is 0.231 e. The summed E-state index contributed by atoms with van der Waals surface area (Å²) in [7, 11) is 2.04. The molecule has 0 bridgehead atoms. The predicted molar refractivity (Wildman–Crippen MR) is 150 cm³/mol. The predicted octanol–water partition coefficient (Wildman–Crippen LogP) is 5.32. The molecule has 5 rings (SSSR count). The number of anilines is 1. The van der Waals surface area contributed by atoms with Crippen LogP contribution in [0.15, 0.2) is 36.7 Å². The van der Waals surface area contributed by atoms with Crippen molar-refractivity contribution in [3.05, 3.63) is 42.4 Å². The Morgan fingerprint density at radius 2 is 1.76 bits per heavy atom. The second-order valence-electron chi connectivity index (χ2n) is 11.8. The Labute approximate surface area is 221 Å². The Morgan fingerprint density at radius 3 is 2.49 bits per heavy atom. The zero-order chi connectivity index (χ0) is 26.0. The first-order chi connectivity index (χ1) is 17.8. The topological polar surface area (TPSA) is 66.3 Å². The van der Waals surface area contributed by atoms with Crippen LogP contribution in [0, 0.1) is 11.3 Å². The number of fused-ring (bicyclic) bond motifs is 1. The Morgan fingerprint density at radius 1 is 1.00 bits per heavy atom. The van der Waals surface area contributed by atoms with Gasteiger partial charge in [-0.1, -0.05) is 39.3 Å². The van der Waals surface area contributed by atoms with E-state index in [-0.39, 0.29) is 11.3 Å². The van der Waals surface area contributed by atoms with Gasteiger partial charge in [0.15, 0.2) is 0 Å². The summed E-state index contributed by atoms with van der Waals surface area (Å²) >= 11 is 0. The second-order valence-corrected chi connectivity index (χ2v) is 11.8. The molecule has 0 saturated carbocycles. The smallest absolute Gasteiger partial charge is 0.231 e. The van der Waals surface area contributed by atoms with Gasteiger partial charge in [0, 0.05) is 42.7 Å². The van der Waals surface area contributed by atoms with E-state index in [2.05, 4.69) is 64.2 Å². The minimum Gasteiger partial charge on any atom is -0.310 e. The zero-order valence-electron chi connectivity index (χ0n) is 23.0. The first kappa shape index (κ1) is 25.9. The highest BCUT2D eigenvalue weighted by atomic mass is 16.2. The number of benzene rings is 1. The highest BCUT2D eigenvalue weighted by Crippen LogP contribution is 2.33. The van der Waals surface area contributed by atoms with Gasteiger partial charge in [-0.25, -0.2) is 4.98 Å². The maximum absolute atomic E-state index is 13.3. The van der Waals surface area contributed by atoms with Gasteiger partial charge in [-0.15, -0.1) is 0 Å². The summed E-state index contributed by atoms with van der Waals surface area (Å²) in [5.74, 6) is 1.35. The molecule has 1 aromatic carbocycles. The number of aromatic nitrogens is 3. The van der Waals surface area contributed by atoms with E-state index >= 15 is 0 Å². The number of hydrogen-bond donors (Lipinski definition) is 1. The van der Waals surface area contributed by atoms with Gasteiger partial charge in [0.25, 0.3) is 0 Å². The Hall–Kier alpha value is -2.77. The standard InChI is InChI=1S/C30H42N6O/c1-22(2)20-36-14-10-30(3,11-15-36)29(37)33-28-17-25-16-23(8-9-24(25)18-31-28)26-19-32-34(4)27(26)21-35-12-6-5-7-13-35/h8-9,16-19,22H,5-7,10-15,20-21H2,1-4H3,(H,31,33,37). The van der Waals surface area contributed by atoms with Crippen LogP contribution in [0.3, 0.4) is 0 Å². The Bertz CT molecular complexity index is 1230. The van der Waals surface area contributed by atoms with Crippen molar-refractivity contribution in [1.82, 2.24) is 24.6 Å². The highest BCUT2D eigenvalue weighted by Gasteiger charge is 2.37. The summed E-state index contributed by atoms with van der Waals surface area (Å²) in [4.78, 5) is 22.9. The molecule has 2 aliphatic rings. The van der Waals surface area contributed by atoms with E-state index in [1.807, 2.05) is 30.2 Å². The molecule has 1 N–H and O–H groups in total. The average Bonchev–Trinajstić information content (AvgIpc) is 3.25. The molecular formula is C30H42N6O. The van der Waals surface area contributed by atoms with Crippen LogP contribution in [0.2, 0.25) is 0 Å². The third-order valence-corrected chi connectivity index (χ3v) is 8.29. The molecule has 0 radical (unpaired) electrons. The lowest BCUT2D eigenvalue weighted by molar-refractivity contribution is -0.127. The number of rotatable bonds is 7. The first-order valence-electron chi connectivity index (χ1n) is 14.0. The number of hydrogen-bond acceptors (Lipinski definition) is 5. The van der Waals surface area contributed by atoms with Crippen molar-refractivity contribution < 1.29 is 4.79 Å². The van der Waals surface area contributed by atoms with E-state index in [1.54, 1.807) is 0 Å². The van der Waals surface area contributed by atoms with E-state index in [9.17, 15) is 4.79 Å². The van der Waals surface area contributed by atoms with E-state index in [4.69, 9.17) is 0 Å². The molecule has 0 aliphatic carbocycles. The van der Waals surface area contributed by atoms with Gasteiger partial charge in [-0.3, -0.25) is 14.4 Å². The molecular weight excluding hydrogens is 460 g/mol. The van der Waals surface area contributed by atoms with Crippen LogP contribution >= 0.6 is 0 Å². The summed E-state index contributed by atoms with van der Waals surface area (Å²) in [6.07, 6.45) is 9.49. The number of pyridine rings is 1.